The average Bonchev–Trinajstić information content (AvgIpc) is 3.42. The number of nitrogens with zero attached hydrogens (tertiary/aromatic N) is 1. The molecule has 0 spiro atoms. The van der Waals surface area contributed by atoms with Crippen molar-refractivity contribution in [2.24, 2.45) is 0 Å². The zero-order chi connectivity index (χ0) is 18.5. The van der Waals surface area contributed by atoms with Crippen LogP contribution in [0, 0.1) is 0 Å². The molecule has 1 aromatic rings. The molecule has 2 aliphatic carbocycles. The number of amides is 2. The number of carbonyl (C=O) groups excluding carboxylic acids is 2. The van der Waals surface area contributed by atoms with Gasteiger partial charge in [0.15, 0.2) is 13.1 Å². The monoisotopic (exact) mass is 376 g/mol. The number of hydrogen-bond acceptors (Lipinski definition) is 2. The Labute approximate surface area is 160 Å². The molecule has 2 amide bonds. The normalized spacial score (nSPS) is 18.0. The maximum Gasteiger partial charge on any atom is 0.282 e. The first kappa shape index (κ1) is 18.9. The van der Waals surface area contributed by atoms with Crippen LogP contribution in [0.15, 0.2) is 36.0 Å². The first-order valence-electron chi connectivity index (χ1n) is 9.41. The van der Waals surface area contributed by atoms with Gasteiger partial charge in [-0.2, -0.15) is 0 Å². The fourth-order valence-electron chi connectivity index (χ4n) is 3.39. The molecule has 26 heavy (non-hydrogen) atoms. The summed E-state index contributed by atoms with van der Waals surface area (Å²) in [5, 5.41) is 3.48. The number of carbonyl (C=O) groups is 2. The number of benzene rings is 1. The van der Waals surface area contributed by atoms with Gasteiger partial charge in [-0.1, -0.05) is 17.7 Å². The predicted molar refractivity (Wildman–Crippen MR) is 103 cm³/mol. The van der Waals surface area contributed by atoms with E-state index in [4.69, 9.17) is 11.6 Å². The van der Waals surface area contributed by atoms with Crippen molar-refractivity contribution in [1.82, 2.24) is 4.90 Å². The Hall–Kier alpha value is -1.85. The number of halogens is 1. The lowest BCUT2D eigenvalue weighted by molar-refractivity contribution is -0.862. The molecule has 0 aliphatic heterocycles. The molecule has 140 valence electrons. The predicted octanol–water partition coefficient (Wildman–Crippen LogP) is 2.24. The Morgan fingerprint density at radius 3 is 2.54 bits per heavy atom. The Balaban J connectivity index is 1.52. The lowest BCUT2D eigenvalue weighted by Gasteiger charge is -2.28. The first-order valence-corrected chi connectivity index (χ1v) is 9.78. The summed E-state index contributed by atoms with van der Waals surface area (Å²) in [6, 6.07) is 7.39. The standard InChI is InChI=1S/C20H26ClN3O2/c1-23(13-19(25)22-16-9-7-15(21)8-10-16)14-20(26)24(18-11-12-18)17-5-3-2-4-6-17/h5,7-10,18H,2-4,6,11-14H2,1H3,(H,22,25)/p+1. The number of anilines is 1. The van der Waals surface area contributed by atoms with Crippen LogP contribution in [-0.4, -0.2) is 42.9 Å². The van der Waals surface area contributed by atoms with Crippen LogP contribution in [0.1, 0.15) is 38.5 Å². The summed E-state index contributed by atoms with van der Waals surface area (Å²) in [6.07, 6.45) is 8.86. The van der Waals surface area contributed by atoms with Gasteiger partial charge >= 0.3 is 0 Å². The van der Waals surface area contributed by atoms with Crippen molar-refractivity contribution in [3.63, 3.8) is 0 Å². The Morgan fingerprint density at radius 2 is 1.92 bits per heavy atom. The number of likely N-dealkylation sites (N-methyl/N-ethyl adjacent to an activating group) is 1. The fourth-order valence-corrected chi connectivity index (χ4v) is 3.52. The summed E-state index contributed by atoms with van der Waals surface area (Å²) < 4.78 is 0. The molecule has 2 aliphatic rings. The molecule has 6 heteroatoms. The topological polar surface area (TPSA) is 53.9 Å². The molecule has 0 saturated heterocycles. The third kappa shape index (κ3) is 5.32. The minimum absolute atomic E-state index is 0.104. The van der Waals surface area contributed by atoms with Crippen LogP contribution in [0.4, 0.5) is 5.69 Å². The van der Waals surface area contributed by atoms with E-state index in [0.717, 1.165) is 37.0 Å². The SMILES string of the molecule is C[NH+](CC(=O)Nc1ccc(Cl)cc1)CC(=O)N(C1=CCCCC1)C1CC1. The lowest BCUT2D eigenvalue weighted by Crippen LogP contribution is -3.11. The summed E-state index contributed by atoms with van der Waals surface area (Å²) in [6.45, 7) is 0.591. The van der Waals surface area contributed by atoms with Crippen molar-refractivity contribution >= 4 is 29.1 Å². The number of quaternary nitrogens is 1. The Kier molecular flexibility index (Phi) is 6.33. The minimum atomic E-state index is -0.104. The second kappa shape index (κ2) is 8.69. The van der Waals surface area contributed by atoms with E-state index in [2.05, 4.69) is 11.4 Å². The maximum absolute atomic E-state index is 12.8. The molecule has 0 heterocycles. The molecule has 1 saturated carbocycles. The van der Waals surface area contributed by atoms with Gasteiger partial charge in [0.2, 0.25) is 0 Å². The average molecular weight is 377 g/mol. The number of rotatable bonds is 7. The van der Waals surface area contributed by atoms with Gasteiger partial charge in [-0.25, -0.2) is 0 Å². The molecule has 0 radical (unpaired) electrons. The zero-order valence-corrected chi connectivity index (χ0v) is 16.0. The van der Waals surface area contributed by atoms with Gasteiger partial charge in [0.25, 0.3) is 11.8 Å². The highest BCUT2D eigenvalue weighted by Gasteiger charge is 2.36. The van der Waals surface area contributed by atoms with Crippen LogP contribution in [0.25, 0.3) is 0 Å². The molecular weight excluding hydrogens is 350 g/mol. The smallest absolute Gasteiger partial charge is 0.282 e. The summed E-state index contributed by atoms with van der Waals surface area (Å²) in [7, 11) is 1.89. The van der Waals surface area contributed by atoms with Gasteiger partial charge in [-0.15, -0.1) is 0 Å². The molecule has 2 N–H and O–H groups in total. The molecular formula is C20H27ClN3O2+. The van der Waals surface area contributed by atoms with E-state index < -0.39 is 0 Å². The van der Waals surface area contributed by atoms with Crippen molar-refractivity contribution in [2.45, 2.75) is 44.6 Å². The summed E-state index contributed by atoms with van der Waals surface area (Å²) >= 11 is 5.85. The van der Waals surface area contributed by atoms with Crippen molar-refractivity contribution in [3.8, 4) is 0 Å². The second-order valence-corrected chi connectivity index (χ2v) is 7.74. The number of nitrogens with one attached hydrogen (secondary N) is 2. The minimum Gasteiger partial charge on any atom is -0.322 e. The number of allylic oxidation sites excluding steroid dienone is 2. The molecule has 3 rings (SSSR count). The van der Waals surface area contributed by atoms with Crippen LogP contribution in [0.2, 0.25) is 5.02 Å². The van der Waals surface area contributed by atoms with E-state index in [9.17, 15) is 9.59 Å². The van der Waals surface area contributed by atoms with Gasteiger partial charge in [0.05, 0.1) is 7.05 Å². The molecule has 1 unspecified atom stereocenters. The highest BCUT2D eigenvalue weighted by Crippen LogP contribution is 2.33. The van der Waals surface area contributed by atoms with Gasteiger partial charge in [-0.05, 0) is 62.8 Å². The third-order valence-electron chi connectivity index (χ3n) is 4.80. The summed E-state index contributed by atoms with van der Waals surface area (Å²) in [4.78, 5) is 27.9. The van der Waals surface area contributed by atoms with Crippen molar-refractivity contribution in [1.29, 1.82) is 0 Å². The van der Waals surface area contributed by atoms with Crippen LogP contribution >= 0.6 is 11.6 Å². The Bertz CT molecular complexity index is 683. The van der Waals surface area contributed by atoms with E-state index in [-0.39, 0.29) is 18.4 Å². The highest BCUT2D eigenvalue weighted by atomic mass is 35.5. The van der Waals surface area contributed by atoms with Crippen LogP contribution in [0.3, 0.4) is 0 Å². The first-order chi connectivity index (χ1) is 12.5. The molecule has 0 bridgehead atoms. The highest BCUT2D eigenvalue weighted by molar-refractivity contribution is 6.30. The summed E-state index contributed by atoms with van der Waals surface area (Å²) in [5.74, 6) is 0.0323. The van der Waals surface area contributed by atoms with Crippen molar-refractivity contribution in [3.05, 3.63) is 41.1 Å². The molecule has 1 fully saturated rings. The lowest BCUT2D eigenvalue weighted by atomic mass is 10.0. The molecule has 0 aromatic heterocycles. The van der Waals surface area contributed by atoms with Gasteiger partial charge in [0.1, 0.15) is 0 Å². The molecule has 5 nitrogen and oxygen atoms in total. The van der Waals surface area contributed by atoms with Gasteiger partial charge < -0.3 is 15.1 Å². The quantitative estimate of drug-likeness (QED) is 0.766. The molecule has 1 aromatic carbocycles. The summed E-state index contributed by atoms with van der Waals surface area (Å²) in [5.41, 5.74) is 1.91. The van der Waals surface area contributed by atoms with E-state index in [1.54, 1.807) is 24.3 Å². The van der Waals surface area contributed by atoms with E-state index in [1.807, 2.05) is 11.9 Å². The van der Waals surface area contributed by atoms with Crippen LogP contribution < -0.4 is 10.2 Å². The Morgan fingerprint density at radius 1 is 1.19 bits per heavy atom. The van der Waals surface area contributed by atoms with Gasteiger partial charge in [0, 0.05) is 22.4 Å². The van der Waals surface area contributed by atoms with E-state index in [0.29, 0.717) is 23.3 Å². The second-order valence-electron chi connectivity index (χ2n) is 7.30. The van der Waals surface area contributed by atoms with E-state index in [1.165, 1.54) is 12.1 Å². The molecule has 1 atom stereocenters. The number of hydrogen-bond donors (Lipinski definition) is 2. The van der Waals surface area contributed by atoms with E-state index >= 15 is 0 Å². The fraction of sp³-hybridized carbons (Fsp3) is 0.500. The van der Waals surface area contributed by atoms with Crippen molar-refractivity contribution < 1.29 is 14.5 Å². The zero-order valence-electron chi connectivity index (χ0n) is 15.3. The third-order valence-corrected chi connectivity index (χ3v) is 5.05. The van der Waals surface area contributed by atoms with Crippen LogP contribution in [0.5, 0.6) is 0 Å². The maximum atomic E-state index is 12.8. The van der Waals surface area contributed by atoms with Crippen LogP contribution in [-0.2, 0) is 9.59 Å². The van der Waals surface area contributed by atoms with Gasteiger partial charge in [-0.3, -0.25) is 9.59 Å². The van der Waals surface area contributed by atoms with Crippen molar-refractivity contribution in [2.75, 3.05) is 25.5 Å². The largest absolute Gasteiger partial charge is 0.322 e.